The summed E-state index contributed by atoms with van der Waals surface area (Å²) in [6, 6.07) is 10.6. The highest BCUT2D eigenvalue weighted by atomic mass is 35.5. The molecular formula is C20H23ClN2O4S. The van der Waals surface area contributed by atoms with Gasteiger partial charge in [-0.2, -0.15) is 0 Å². The minimum absolute atomic E-state index is 0.0983. The molecule has 28 heavy (non-hydrogen) atoms. The first-order chi connectivity index (χ1) is 13.3. The number of benzene rings is 2. The zero-order valence-corrected chi connectivity index (χ0v) is 17.4. The highest BCUT2D eigenvalue weighted by Crippen LogP contribution is 2.26. The molecule has 2 aromatic rings. The zero-order chi connectivity index (χ0) is 20.3. The van der Waals surface area contributed by atoms with Crippen molar-refractivity contribution in [1.82, 2.24) is 4.90 Å². The highest BCUT2D eigenvalue weighted by Gasteiger charge is 2.24. The van der Waals surface area contributed by atoms with Crippen molar-refractivity contribution < 1.29 is 17.9 Å². The Labute approximate surface area is 170 Å². The summed E-state index contributed by atoms with van der Waals surface area (Å²) in [5.74, 6) is 0.985. The van der Waals surface area contributed by atoms with Crippen LogP contribution in [0.3, 0.4) is 0 Å². The first-order valence-electron chi connectivity index (χ1n) is 9.06. The Morgan fingerprint density at radius 3 is 2.39 bits per heavy atom. The number of piperidine rings is 1. The molecule has 3 rings (SSSR count). The van der Waals surface area contributed by atoms with Crippen LogP contribution in [0.5, 0.6) is 5.75 Å². The molecular weight excluding hydrogens is 400 g/mol. The van der Waals surface area contributed by atoms with Gasteiger partial charge in [-0.1, -0.05) is 18.5 Å². The van der Waals surface area contributed by atoms with Gasteiger partial charge in [0.1, 0.15) is 5.75 Å². The fourth-order valence-electron chi connectivity index (χ4n) is 3.10. The number of rotatable bonds is 5. The number of carbonyl (C=O) groups is 1. The zero-order valence-electron chi connectivity index (χ0n) is 15.8. The Kier molecular flexibility index (Phi) is 6.15. The van der Waals surface area contributed by atoms with Crippen molar-refractivity contribution in [3.8, 4) is 5.75 Å². The van der Waals surface area contributed by atoms with Gasteiger partial charge in [0, 0.05) is 18.8 Å². The molecule has 1 saturated heterocycles. The van der Waals surface area contributed by atoms with Crippen LogP contribution in [0.4, 0.5) is 5.69 Å². The molecule has 0 radical (unpaired) electrons. The number of likely N-dealkylation sites (tertiary alicyclic amines) is 1. The van der Waals surface area contributed by atoms with Crippen molar-refractivity contribution in [3.63, 3.8) is 0 Å². The van der Waals surface area contributed by atoms with Crippen LogP contribution >= 0.6 is 11.6 Å². The molecule has 0 spiro atoms. The second kappa shape index (κ2) is 8.41. The molecule has 150 valence electrons. The Morgan fingerprint density at radius 2 is 1.79 bits per heavy atom. The normalized spacial score (nSPS) is 15.3. The number of hydrogen-bond donors (Lipinski definition) is 1. The van der Waals surface area contributed by atoms with E-state index in [0.29, 0.717) is 35.3 Å². The number of hydrogen-bond acceptors (Lipinski definition) is 4. The van der Waals surface area contributed by atoms with Gasteiger partial charge in [0.25, 0.3) is 15.9 Å². The topological polar surface area (TPSA) is 75.7 Å². The number of methoxy groups -OCH3 is 1. The van der Waals surface area contributed by atoms with Gasteiger partial charge >= 0.3 is 0 Å². The lowest BCUT2D eigenvalue weighted by atomic mass is 9.98. The van der Waals surface area contributed by atoms with Gasteiger partial charge in [0.2, 0.25) is 0 Å². The molecule has 1 aliphatic rings. The summed E-state index contributed by atoms with van der Waals surface area (Å²) < 4.78 is 32.8. The molecule has 1 N–H and O–H groups in total. The molecule has 6 nitrogen and oxygen atoms in total. The van der Waals surface area contributed by atoms with E-state index in [1.54, 1.807) is 23.1 Å². The number of halogens is 1. The minimum atomic E-state index is -3.80. The van der Waals surface area contributed by atoms with Gasteiger partial charge < -0.3 is 9.64 Å². The van der Waals surface area contributed by atoms with Crippen LogP contribution in [0.25, 0.3) is 0 Å². The lowest BCUT2D eigenvalue weighted by molar-refractivity contribution is 0.0697. The third-order valence-electron chi connectivity index (χ3n) is 4.89. The van der Waals surface area contributed by atoms with E-state index in [1.165, 1.54) is 31.4 Å². The second-order valence-electron chi connectivity index (χ2n) is 6.95. The standard InChI is InChI=1S/C20H23ClN2O4S/c1-14-9-11-23(12-10-14)20(24)18-13-15(3-8-19(18)21)22-28(25,26)17-6-4-16(27-2)5-7-17/h3-8,13-14,22H,9-12H2,1-2H3. The van der Waals surface area contributed by atoms with Crippen molar-refractivity contribution in [2.24, 2.45) is 5.92 Å². The average Bonchev–Trinajstić information content (AvgIpc) is 2.69. The van der Waals surface area contributed by atoms with Crippen LogP contribution in [0.2, 0.25) is 5.02 Å². The fraction of sp³-hybridized carbons (Fsp3) is 0.350. The smallest absolute Gasteiger partial charge is 0.261 e. The molecule has 1 heterocycles. The Hall–Kier alpha value is -2.25. The van der Waals surface area contributed by atoms with E-state index in [2.05, 4.69) is 11.6 Å². The second-order valence-corrected chi connectivity index (χ2v) is 9.04. The summed E-state index contributed by atoms with van der Waals surface area (Å²) in [5, 5.41) is 0.302. The summed E-state index contributed by atoms with van der Waals surface area (Å²) in [6.45, 7) is 3.53. The molecule has 8 heteroatoms. The first kappa shape index (κ1) is 20.5. The third-order valence-corrected chi connectivity index (χ3v) is 6.62. The monoisotopic (exact) mass is 422 g/mol. The van der Waals surface area contributed by atoms with Gasteiger partial charge in [-0.05, 0) is 61.2 Å². The molecule has 0 aromatic heterocycles. The average molecular weight is 423 g/mol. The predicted octanol–water partition coefficient (Wildman–Crippen LogP) is 4.02. The number of amides is 1. The van der Waals surface area contributed by atoms with Crippen LogP contribution < -0.4 is 9.46 Å². The molecule has 1 fully saturated rings. The van der Waals surface area contributed by atoms with Crippen LogP contribution in [0.15, 0.2) is 47.4 Å². The molecule has 1 amide bonds. The van der Waals surface area contributed by atoms with E-state index in [9.17, 15) is 13.2 Å². The third kappa shape index (κ3) is 4.59. The number of nitrogens with one attached hydrogen (secondary N) is 1. The first-order valence-corrected chi connectivity index (χ1v) is 10.9. The van der Waals surface area contributed by atoms with Crippen molar-refractivity contribution in [3.05, 3.63) is 53.1 Å². The highest BCUT2D eigenvalue weighted by molar-refractivity contribution is 7.92. The van der Waals surface area contributed by atoms with Crippen molar-refractivity contribution in [2.75, 3.05) is 24.9 Å². The number of carbonyl (C=O) groups excluding carboxylic acids is 1. The summed E-state index contributed by atoms with van der Waals surface area (Å²) in [4.78, 5) is 14.7. The maximum absolute atomic E-state index is 12.8. The minimum Gasteiger partial charge on any atom is -0.497 e. The van der Waals surface area contributed by atoms with Gasteiger partial charge in [0.05, 0.1) is 22.6 Å². The van der Waals surface area contributed by atoms with E-state index in [1.807, 2.05) is 0 Å². The van der Waals surface area contributed by atoms with Crippen LogP contribution in [-0.2, 0) is 10.0 Å². The van der Waals surface area contributed by atoms with Gasteiger partial charge in [0.15, 0.2) is 0 Å². The van der Waals surface area contributed by atoms with E-state index >= 15 is 0 Å². The van der Waals surface area contributed by atoms with Crippen molar-refractivity contribution in [1.29, 1.82) is 0 Å². The molecule has 0 saturated carbocycles. The Balaban J connectivity index is 1.81. The number of nitrogens with zero attached hydrogens (tertiary/aromatic N) is 1. The summed E-state index contributed by atoms with van der Waals surface area (Å²) in [6.07, 6.45) is 1.90. The van der Waals surface area contributed by atoms with Gasteiger partial charge in [-0.3, -0.25) is 9.52 Å². The Morgan fingerprint density at radius 1 is 1.14 bits per heavy atom. The number of sulfonamides is 1. The van der Waals surface area contributed by atoms with Crippen LogP contribution in [-0.4, -0.2) is 39.4 Å². The maximum Gasteiger partial charge on any atom is 0.261 e. The van der Waals surface area contributed by atoms with Gasteiger partial charge in [-0.15, -0.1) is 0 Å². The summed E-state index contributed by atoms with van der Waals surface area (Å²) in [7, 11) is -2.29. The summed E-state index contributed by atoms with van der Waals surface area (Å²) in [5.41, 5.74) is 0.583. The Bertz CT molecular complexity index is 953. The van der Waals surface area contributed by atoms with E-state index in [0.717, 1.165) is 12.8 Å². The lowest BCUT2D eigenvalue weighted by Crippen LogP contribution is -2.38. The SMILES string of the molecule is COc1ccc(S(=O)(=O)Nc2ccc(Cl)c(C(=O)N3CCC(C)CC3)c2)cc1. The number of ether oxygens (including phenoxy) is 1. The molecule has 0 atom stereocenters. The van der Waals surface area contributed by atoms with Gasteiger partial charge in [-0.25, -0.2) is 8.42 Å². The van der Waals surface area contributed by atoms with Crippen molar-refractivity contribution >= 4 is 33.2 Å². The predicted molar refractivity (Wildman–Crippen MR) is 110 cm³/mol. The van der Waals surface area contributed by atoms with E-state index in [4.69, 9.17) is 16.3 Å². The maximum atomic E-state index is 12.8. The van der Waals surface area contributed by atoms with Crippen LogP contribution in [0, 0.1) is 5.92 Å². The molecule has 0 aliphatic carbocycles. The molecule has 0 bridgehead atoms. The summed E-state index contributed by atoms with van der Waals surface area (Å²) >= 11 is 6.22. The van der Waals surface area contributed by atoms with E-state index < -0.39 is 10.0 Å². The molecule has 1 aliphatic heterocycles. The largest absolute Gasteiger partial charge is 0.497 e. The quantitative estimate of drug-likeness (QED) is 0.789. The molecule has 2 aromatic carbocycles. The molecule has 0 unspecified atom stereocenters. The van der Waals surface area contributed by atoms with E-state index in [-0.39, 0.29) is 16.5 Å². The van der Waals surface area contributed by atoms with Crippen molar-refractivity contribution in [2.45, 2.75) is 24.7 Å². The van der Waals surface area contributed by atoms with Crippen LogP contribution in [0.1, 0.15) is 30.1 Å². The fourth-order valence-corrected chi connectivity index (χ4v) is 4.35. The number of anilines is 1. The lowest BCUT2D eigenvalue weighted by Gasteiger charge is -2.30.